The summed E-state index contributed by atoms with van der Waals surface area (Å²) in [4.78, 5) is 24.1. The Balaban J connectivity index is 1.72. The first-order chi connectivity index (χ1) is 12.6. The molecule has 3 aromatic rings. The average Bonchev–Trinajstić information content (AvgIpc) is 2.67. The molecule has 0 N–H and O–H groups in total. The Morgan fingerprint density at radius 3 is 2.58 bits per heavy atom. The fourth-order valence-electron chi connectivity index (χ4n) is 3.43. The van der Waals surface area contributed by atoms with Crippen molar-refractivity contribution < 1.29 is 9.53 Å². The Hall–Kier alpha value is -2.95. The third-order valence-corrected chi connectivity index (χ3v) is 4.97. The second kappa shape index (κ2) is 6.41. The van der Waals surface area contributed by atoms with Gasteiger partial charge in [-0.1, -0.05) is 0 Å². The van der Waals surface area contributed by atoms with Gasteiger partial charge in [-0.15, -0.1) is 0 Å². The first kappa shape index (κ1) is 16.5. The van der Waals surface area contributed by atoms with Crippen molar-refractivity contribution in [2.75, 3.05) is 18.6 Å². The normalized spacial score (nSPS) is 13.6. The van der Waals surface area contributed by atoms with Crippen LogP contribution in [-0.4, -0.2) is 29.5 Å². The Labute approximate surface area is 152 Å². The topological polar surface area (TPSA) is 55.3 Å². The number of carbonyl (C=O) groups excluding carboxylic acids is 1. The van der Waals surface area contributed by atoms with Crippen LogP contribution in [0.1, 0.15) is 33.7 Å². The summed E-state index contributed by atoms with van der Waals surface area (Å²) in [5.74, 6) is 0.822. The Morgan fingerprint density at radius 2 is 1.81 bits per heavy atom. The summed E-state index contributed by atoms with van der Waals surface area (Å²) in [7, 11) is 1.66. The van der Waals surface area contributed by atoms with Crippen molar-refractivity contribution in [3.8, 4) is 5.75 Å². The molecule has 0 fully saturated rings. The van der Waals surface area contributed by atoms with Gasteiger partial charge in [0, 0.05) is 17.8 Å². The van der Waals surface area contributed by atoms with E-state index in [0.29, 0.717) is 5.56 Å². The number of hydrogen-bond acceptors (Lipinski definition) is 4. The van der Waals surface area contributed by atoms with Gasteiger partial charge < -0.3 is 9.64 Å². The smallest absolute Gasteiger partial charge is 0.258 e. The SMILES string of the molecule is COc1ccc2c(c1)CCCN2C(=O)c1ccc2nc(C)c(C)nc2c1. The molecule has 5 nitrogen and oxygen atoms in total. The van der Waals surface area contributed by atoms with Crippen LogP contribution >= 0.6 is 0 Å². The molecular formula is C21H21N3O2. The number of benzene rings is 2. The molecular weight excluding hydrogens is 326 g/mol. The molecule has 0 aliphatic carbocycles. The number of hydrogen-bond donors (Lipinski definition) is 0. The maximum atomic E-state index is 13.2. The summed E-state index contributed by atoms with van der Waals surface area (Å²) < 4.78 is 5.31. The van der Waals surface area contributed by atoms with Gasteiger partial charge in [-0.05, 0) is 68.7 Å². The first-order valence-corrected chi connectivity index (χ1v) is 8.80. The van der Waals surface area contributed by atoms with Crippen LogP contribution in [0.3, 0.4) is 0 Å². The highest BCUT2D eigenvalue weighted by molar-refractivity contribution is 6.08. The predicted molar refractivity (Wildman–Crippen MR) is 102 cm³/mol. The largest absolute Gasteiger partial charge is 0.497 e. The van der Waals surface area contributed by atoms with E-state index in [0.717, 1.165) is 58.8 Å². The maximum absolute atomic E-state index is 13.2. The number of aryl methyl sites for hydroxylation is 3. The molecule has 26 heavy (non-hydrogen) atoms. The monoisotopic (exact) mass is 347 g/mol. The summed E-state index contributed by atoms with van der Waals surface area (Å²) in [5.41, 5.74) is 6.12. The molecule has 1 amide bonds. The van der Waals surface area contributed by atoms with E-state index in [4.69, 9.17) is 4.74 Å². The standard InChI is InChI=1S/C21H21N3O2/c1-13-14(2)23-19-12-16(6-8-18(19)22-13)21(25)24-10-4-5-15-11-17(26-3)7-9-20(15)24/h6-9,11-12H,4-5,10H2,1-3H3. The average molecular weight is 347 g/mol. The third-order valence-electron chi connectivity index (χ3n) is 4.97. The van der Waals surface area contributed by atoms with Crippen LogP contribution in [0.15, 0.2) is 36.4 Å². The van der Waals surface area contributed by atoms with Crippen molar-refractivity contribution in [3.05, 3.63) is 58.9 Å². The minimum atomic E-state index is -0.00181. The maximum Gasteiger partial charge on any atom is 0.258 e. The number of carbonyl (C=O) groups is 1. The van der Waals surface area contributed by atoms with Crippen molar-refractivity contribution in [3.63, 3.8) is 0 Å². The lowest BCUT2D eigenvalue weighted by Crippen LogP contribution is -2.35. The van der Waals surface area contributed by atoms with Crippen molar-refractivity contribution in [2.24, 2.45) is 0 Å². The molecule has 0 saturated carbocycles. The molecule has 0 atom stereocenters. The molecule has 1 aliphatic heterocycles. The fourth-order valence-corrected chi connectivity index (χ4v) is 3.43. The Kier molecular flexibility index (Phi) is 4.07. The van der Waals surface area contributed by atoms with Gasteiger partial charge in [0.1, 0.15) is 5.75 Å². The highest BCUT2D eigenvalue weighted by Crippen LogP contribution is 2.31. The van der Waals surface area contributed by atoms with E-state index in [-0.39, 0.29) is 5.91 Å². The van der Waals surface area contributed by atoms with E-state index >= 15 is 0 Å². The molecule has 2 aromatic carbocycles. The third kappa shape index (κ3) is 2.79. The zero-order chi connectivity index (χ0) is 18.3. The molecule has 1 aromatic heterocycles. The first-order valence-electron chi connectivity index (χ1n) is 8.80. The molecule has 1 aliphatic rings. The van der Waals surface area contributed by atoms with Gasteiger partial charge >= 0.3 is 0 Å². The fraction of sp³-hybridized carbons (Fsp3) is 0.286. The number of rotatable bonds is 2. The zero-order valence-electron chi connectivity index (χ0n) is 15.2. The molecule has 0 saturated heterocycles. The van der Waals surface area contributed by atoms with E-state index in [2.05, 4.69) is 9.97 Å². The van der Waals surface area contributed by atoms with Gasteiger partial charge in [-0.2, -0.15) is 0 Å². The molecule has 2 heterocycles. The highest BCUT2D eigenvalue weighted by atomic mass is 16.5. The zero-order valence-corrected chi connectivity index (χ0v) is 15.2. The molecule has 132 valence electrons. The number of nitrogens with zero attached hydrogens (tertiary/aromatic N) is 3. The van der Waals surface area contributed by atoms with Crippen LogP contribution < -0.4 is 9.64 Å². The number of amides is 1. The number of aromatic nitrogens is 2. The van der Waals surface area contributed by atoms with E-state index in [9.17, 15) is 4.79 Å². The van der Waals surface area contributed by atoms with Crippen LogP contribution in [0.5, 0.6) is 5.75 Å². The van der Waals surface area contributed by atoms with Crippen LogP contribution in [0.2, 0.25) is 0 Å². The lowest BCUT2D eigenvalue weighted by molar-refractivity contribution is 0.0985. The molecule has 0 radical (unpaired) electrons. The van der Waals surface area contributed by atoms with Crippen molar-refractivity contribution in [2.45, 2.75) is 26.7 Å². The van der Waals surface area contributed by atoms with Crippen LogP contribution in [0.25, 0.3) is 11.0 Å². The van der Waals surface area contributed by atoms with Crippen LogP contribution in [0, 0.1) is 13.8 Å². The van der Waals surface area contributed by atoms with Crippen molar-refractivity contribution >= 4 is 22.6 Å². The Morgan fingerprint density at radius 1 is 1.04 bits per heavy atom. The van der Waals surface area contributed by atoms with Gasteiger partial charge in [0.25, 0.3) is 5.91 Å². The van der Waals surface area contributed by atoms with E-state index in [1.54, 1.807) is 7.11 Å². The van der Waals surface area contributed by atoms with E-state index in [1.807, 2.05) is 55.1 Å². The summed E-state index contributed by atoms with van der Waals surface area (Å²) >= 11 is 0. The van der Waals surface area contributed by atoms with Gasteiger partial charge in [-0.25, -0.2) is 9.97 Å². The number of fused-ring (bicyclic) bond motifs is 2. The van der Waals surface area contributed by atoms with Gasteiger partial charge in [0.15, 0.2) is 0 Å². The Bertz CT molecular complexity index is 1010. The minimum absolute atomic E-state index is 0.00181. The summed E-state index contributed by atoms with van der Waals surface area (Å²) in [6.45, 7) is 4.60. The molecule has 0 unspecified atom stereocenters. The molecule has 0 bridgehead atoms. The van der Waals surface area contributed by atoms with Crippen LogP contribution in [0.4, 0.5) is 5.69 Å². The second-order valence-electron chi connectivity index (χ2n) is 6.65. The van der Waals surface area contributed by atoms with Gasteiger partial charge in [-0.3, -0.25) is 4.79 Å². The number of anilines is 1. The summed E-state index contributed by atoms with van der Waals surface area (Å²) in [6, 6.07) is 11.5. The lowest BCUT2D eigenvalue weighted by atomic mass is 10.00. The quantitative estimate of drug-likeness (QED) is 0.707. The number of ether oxygens (including phenoxy) is 1. The van der Waals surface area contributed by atoms with E-state index < -0.39 is 0 Å². The number of methoxy groups -OCH3 is 1. The lowest BCUT2D eigenvalue weighted by Gasteiger charge is -2.30. The second-order valence-corrected chi connectivity index (χ2v) is 6.65. The van der Waals surface area contributed by atoms with E-state index in [1.165, 1.54) is 0 Å². The minimum Gasteiger partial charge on any atom is -0.497 e. The van der Waals surface area contributed by atoms with Crippen molar-refractivity contribution in [1.82, 2.24) is 9.97 Å². The van der Waals surface area contributed by atoms with Crippen molar-refractivity contribution in [1.29, 1.82) is 0 Å². The molecule has 0 spiro atoms. The highest BCUT2D eigenvalue weighted by Gasteiger charge is 2.24. The van der Waals surface area contributed by atoms with Gasteiger partial charge in [0.05, 0.1) is 29.5 Å². The van der Waals surface area contributed by atoms with Crippen LogP contribution in [-0.2, 0) is 6.42 Å². The predicted octanol–water partition coefficient (Wildman–Crippen LogP) is 3.85. The summed E-state index contributed by atoms with van der Waals surface area (Å²) in [6.07, 6.45) is 1.90. The van der Waals surface area contributed by atoms with Gasteiger partial charge in [0.2, 0.25) is 0 Å². The molecule has 5 heteroatoms. The summed E-state index contributed by atoms with van der Waals surface area (Å²) in [5, 5.41) is 0. The molecule has 4 rings (SSSR count).